The lowest BCUT2D eigenvalue weighted by atomic mass is 9.72. The van der Waals surface area contributed by atoms with Crippen molar-refractivity contribution >= 4 is 17.0 Å². The summed E-state index contributed by atoms with van der Waals surface area (Å²) >= 11 is 0. The number of likely N-dealkylation sites (N-methyl/N-ethyl adjacent to an activating group) is 2. The lowest BCUT2D eigenvalue weighted by molar-refractivity contribution is 0.0400. The molecule has 1 aliphatic carbocycles. The number of aromatic amines is 1. The number of piperidine rings is 1. The number of ether oxygens (including phenoxy) is 1. The summed E-state index contributed by atoms with van der Waals surface area (Å²) in [5.41, 5.74) is 4.16. The lowest BCUT2D eigenvalue weighted by Crippen LogP contribution is -2.50. The number of nitrogens with one attached hydrogen (secondary N) is 1. The van der Waals surface area contributed by atoms with Crippen molar-refractivity contribution in [1.29, 1.82) is 0 Å². The second-order valence-electron chi connectivity index (χ2n) is 8.87. The fourth-order valence-corrected chi connectivity index (χ4v) is 5.44. The first kappa shape index (κ1) is 18.0. The van der Waals surface area contributed by atoms with Gasteiger partial charge in [0.15, 0.2) is 0 Å². The van der Waals surface area contributed by atoms with Crippen LogP contribution in [-0.2, 0) is 11.2 Å². The molecule has 28 heavy (non-hydrogen) atoms. The molecule has 2 aromatic rings. The molecule has 150 valence electrons. The van der Waals surface area contributed by atoms with E-state index in [1.165, 1.54) is 22.0 Å². The maximum Gasteiger partial charge on any atom is 0.409 e. The van der Waals surface area contributed by atoms with E-state index in [2.05, 4.69) is 53.3 Å². The normalized spacial score (nSPS) is 28.4. The summed E-state index contributed by atoms with van der Waals surface area (Å²) in [4.78, 5) is 22.5. The zero-order valence-electron chi connectivity index (χ0n) is 16.9. The van der Waals surface area contributed by atoms with Crippen molar-refractivity contribution in [3.05, 3.63) is 35.5 Å². The molecular formula is C22H30N4O2. The molecule has 2 fully saturated rings. The molecule has 1 N–H and O–H groups in total. The maximum atomic E-state index is 12.5. The van der Waals surface area contributed by atoms with Crippen LogP contribution in [-0.4, -0.2) is 85.2 Å². The number of hydrogen-bond acceptors (Lipinski definition) is 4. The summed E-state index contributed by atoms with van der Waals surface area (Å²) in [5.74, 6) is 0.900. The Bertz CT molecular complexity index is 871. The van der Waals surface area contributed by atoms with Crippen molar-refractivity contribution in [2.45, 2.75) is 24.8 Å². The number of aromatic nitrogens is 1. The molecule has 3 atom stereocenters. The molecular weight excluding hydrogens is 352 g/mol. The van der Waals surface area contributed by atoms with E-state index in [1.807, 2.05) is 4.90 Å². The molecule has 3 aliphatic rings. The summed E-state index contributed by atoms with van der Waals surface area (Å²) in [7, 11) is 4.32. The molecule has 1 aromatic carbocycles. The van der Waals surface area contributed by atoms with Crippen LogP contribution in [0.5, 0.6) is 0 Å². The molecule has 0 bridgehead atoms. The summed E-state index contributed by atoms with van der Waals surface area (Å²) in [6.07, 6.45) is 4.24. The number of nitrogens with zero attached hydrogens (tertiary/aromatic N) is 3. The Balaban J connectivity index is 1.27. The SMILES string of the molecule is CN1CCN(C(=O)OC[C@@H]2C[C@@H]3c4cccc5[nH]cc(c45)C[C@H]3N(C)C2)CC1. The average molecular weight is 383 g/mol. The van der Waals surface area contributed by atoms with Gasteiger partial charge in [-0.3, -0.25) is 0 Å². The van der Waals surface area contributed by atoms with Crippen molar-refractivity contribution in [3.8, 4) is 0 Å². The second kappa shape index (κ2) is 7.08. The Morgan fingerprint density at radius 1 is 1.21 bits per heavy atom. The minimum absolute atomic E-state index is 0.142. The van der Waals surface area contributed by atoms with E-state index < -0.39 is 0 Å². The highest BCUT2D eigenvalue weighted by Crippen LogP contribution is 2.44. The van der Waals surface area contributed by atoms with E-state index >= 15 is 0 Å². The zero-order chi connectivity index (χ0) is 19.3. The van der Waals surface area contributed by atoms with Crippen LogP contribution in [0, 0.1) is 5.92 Å². The lowest BCUT2D eigenvalue weighted by Gasteiger charge is -2.45. The van der Waals surface area contributed by atoms with Crippen LogP contribution >= 0.6 is 0 Å². The second-order valence-corrected chi connectivity index (χ2v) is 8.87. The largest absolute Gasteiger partial charge is 0.449 e. The minimum atomic E-state index is -0.142. The summed E-state index contributed by atoms with van der Waals surface area (Å²) in [6.45, 7) is 4.90. The van der Waals surface area contributed by atoms with E-state index in [1.54, 1.807) is 0 Å². The number of hydrogen-bond donors (Lipinski definition) is 1. The van der Waals surface area contributed by atoms with Crippen LogP contribution in [0.15, 0.2) is 24.4 Å². The van der Waals surface area contributed by atoms with E-state index in [0.717, 1.165) is 45.6 Å². The first-order valence-electron chi connectivity index (χ1n) is 10.5. The number of amides is 1. The number of carbonyl (C=O) groups is 1. The summed E-state index contributed by atoms with van der Waals surface area (Å²) < 4.78 is 5.75. The molecule has 0 spiro atoms. The fraction of sp³-hybridized carbons (Fsp3) is 0.591. The highest BCUT2D eigenvalue weighted by Gasteiger charge is 2.39. The van der Waals surface area contributed by atoms with Gasteiger partial charge in [-0.1, -0.05) is 12.1 Å². The Kier molecular flexibility index (Phi) is 4.56. The Morgan fingerprint density at radius 3 is 2.86 bits per heavy atom. The standard InChI is InChI=1S/C22H30N4O2/c1-24-6-8-26(9-7-24)22(27)28-14-15-10-18-17-4-3-5-19-21(17)16(12-23-19)11-20(18)25(2)13-15/h3-5,12,15,18,20,23H,6-11,13-14H2,1-2H3/t15-,18-,20-/m1/s1. The molecule has 1 aromatic heterocycles. The van der Waals surface area contributed by atoms with Crippen LogP contribution in [0.4, 0.5) is 4.79 Å². The van der Waals surface area contributed by atoms with E-state index in [-0.39, 0.29) is 6.09 Å². The van der Waals surface area contributed by atoms with Crippen molar-refractivity contribution in [3.63, 3.8) is 0 Å². The molecule has 5 rings (SSSR count). The number of fused-ring (bicyclic) bond motifs is 2. The molecule has 3 heterocycles. The van der Waals surface area contributed by atoms with Crippen LogP contribution in [0.1, 0.15) is 23.5 Å². The molecule has 6 nitrogen and oxygen atoms in total. The van der Waals surface area contributed by atoms with Gasteiger partial charge in [-0.25, -0.2) is 4.79 Å². The first-order chi connectivity index (χ1) is 13.6. The topological polar surface area (TPSA) is 51.8 Å². The van der Waals surface area contributed by atoms with Crippen molar-refractivity contribution < 1.29 is 9.53 Å². The van der Waals surface area contributed by atoms with Crippen molar-refractivity contribution in [2.75, 3.05) is 53.4 Å². The number of benzene rings is 1. The molecule has 0 radical (unpaired) electrons. The van der Waals surface area contributed by atoms with Crippen molar-refractivity contribution in [1.82, 2.24) is 19.7 Å². The number of rotatable bonds is 2. The van der Waals surface area contributed by atoms with Gasteiger partial charge >= 0.3 is 6.09 Å². The van der Waals surface area contributed by atoms with Crippen LogP contribution in [0.25, 0.3) is 10.9 Å². The summed E-state index contributed by atoms with van der Waals surface area (Å²) in [6, 6.07) is 7.17. The Morgan fingerprint density at radius 2 is 2.04 bits per heavy atom. The molecule has 2 aliphatic heterocycles. The molecule has 2 saturated heterocycles. The third-order valence-electron chi connectivity index (χ3n) is 7.02. The molecule has 0 unspecified atom stereocenters. The van der Waals surface area contributed by atoms with Crippen LogP contribution in [0.2, 0.25) is 0 Å². The van der Waals surface area contributed by atoms with E-state index in [4.69, 9.17) is 4.74 Å². The van der Waals surface area contributed by atoms with Crippen LogP contribution in [0.3, 0.4) is 0 Å². The predicted octanol–water partition coefficient (Wildman–Crippen LogP) is 2.51. The van der Waals surface area contributed by atoms with Gasteiger partial charge in [0.2, 0.25) is 0 Å². The quantitative estimate of drug-likeness (QED) is 0.867. The van der Waals surface area contributed by atoms with Gasteiger partial charge in [0.25, 0.3) is 0 Å². The zero-order valence-corrected chi connectivity index (χ0v) is 16.9. The highest BCUT2D eigenvalue weighted by atomic mass is 16.6. The Hall–Kier alpha value is -2.05. The molecule has 1 amide bonds. The third-order valence-corrected chi connectivity index (χ3v) is 7.02. The van der Waals surface area contributed by atoms with Gasteiger partial charge < -0.3 is 24.4 Å². The van der Waals surface area contributed by atoms with Crippen LogP contribution < -0.4 is 0 Å². The van der Waals surface area contributed by atoms with E-state index in [9.17, 15) is 4.79 Å². The van der Waals surface area contributed by atoms with Gasteiger partial charge in [0.1, 0.15) is 0 Å². The minimum Gasteiger partial charge on any atom is -0.449 e. The number of likely N-dealkylation sites (tertiary alicyclic amines) is 1. The van der Waals surface area contributed by atoms with Gasteiger partial charge in [-0.15, -0.1) is 0 Å². The van der Waals surface area contributed by atoms with Gasteiger partial charge in [0, 0.05) is 67.7 Å². The Labute approximate surface area is 166 Å². The molecule has 0 saturated carbocycles. The third kappa shape index (κ3) is 3.08. The van der Waals surface area contributed by atoms with Gasteiger partial charge in [-0.05, 0) is 44.1 Å². The number of carbonyl (C=O) groups excluding carboxylic acids is 1. The van der Waals surface area contributed by atoms with Gasteiger partial charge in [-0.2, -0.15) is 0 Å². The monoisotopic (exact) mass is 382 g/mol. The number of piperazine rings is 1. The maximum absolute atomic E-state index is 12.5. The fourth-order valence-electron chi connectivity index (χ4n) is 5.44. The highest BCUT2D eigenvalue weighted by molar-refractivity contribution is 5.88. The van der Waals surface area contributed by atoms with Gasteiger partial charge in [0.05, 0.1) is 6.61 Å². The average Bonchev–Trinajstić information content (AvgIpc) is 3.12. The smallest absolute Gasteiger partial charge is 0.409 e. The van der Waals surface area contributed by atoms with Crippen molar-refractivity contribution in [2.24, 2.45) is 5.92 Å². The molecule has 6 heteroatoms. The predicted molar refractivity (Wildman–Crippen MR) is 110 cm³/mol. The summed E-state index contributed by atoms with van der Waals surface area (Å²) in [5, 5.41) is 1.42. The number of H-pyrrole nitrogens is 1. The first-order valence-corrected chi connectivity index (χ1v) is 10.5. The van der Waals surface area contributed by atoms with E-state index in [0.29, 0.717) is 24.5 Å².